The van der Waals surface area contributed by atoms with Gasteiger partial charge in [-0.05, 0) is 6.42 Å². The average molecular weight is 277 g/mol. The van der Waals surface area contributed by atoms with E-state index in [1.165, 1.54) is 12.2 Å². The topological polar surface area (TPSA) is 44.6 Å². The Morgan fingerprint density at radius 2 is 1.85 bits per heavy atom. The minimum Gasteiger partial charge on any atom is -0.357 e. The summed E-state index contributed by atoms with van der Waals surface area (Å²) in [5.74, 6) is 2.50. The van der Waals surface area contributed by atoms with Gasteiger partial charge in [0.2, 0.25) is 5.91 Å². The van der Waals surface area contributed by atoms with E-state index in [2.05, 4.69) is 21.0 Å². The zero-order valence-corrected chi connectivity index (χ0v) is 12.4. The molecule has 0 unspecified atom stereocenters. The van der Waals surface area contributed by atoms with Crippen molar-refractivity contribution in [1.29, 1.82) is 0 Å². The molecule has 1 aromatic heterocycles. The third-order valence-electron chi connectivity index (χ3n) is 4.28. The molecule has 0 saturated carbocycles. The third kappa shape index (κ3) is 2.34. The highest BCUT2D eigenvalue weighted by atomic mass is 16.2. The fourth-order valence-corrected chi connectivity index (χ4v) is 2.85. The molecule has 0 atom stereocenters. The molecule has 0 bridgehead atoms. The van der Waals surface area contributed by atoms with Crippen LogP contribution in [0, 0.1) is 0 Å². The Hall–Kier alpha value is -1.72. The van der Waals surface area contributed by atoms with E-state index in [9.17, 15) is 4.79 Å². The number of rotatable bonds is 3. The van der Waals surface area contributed by atoms with Crippen LogP contribution in [-0.2, 0) is 11.8 Å². The molecule has 0 aromatic carbocycles. The number of carbonyl (C=O) groups excluding carboxylic acids is 1. The summed E-state index contributed by atoms with van der Waals surface area (Å²) in [5.41, 5.74) is 0. The molecule has 0 radical (unpaired) electrons. The Morgan fingerprint density at radius 3 is 2.40 bits per heavy atom. The van der Waals surface area contributed by atoms with Crippen molar-refractivity contribution in [1.82, 2.24) is 14.7 Å². The molecule has 1 aromatic rings. The number of carbonyl (C=O) groups is 1. The van der Waals surface area contributed by atoms with Gasteiger partial charge >= 0.3 is 0 Å². The Morgan fingerprint density at radius 1 is 1.15 bits per heavy atom. The van der Waals surface area contributed by atoms with E-state index in [0.717, 1.165) is 45.1 Å². The Balaban J connectivity index is 1.64. The first-order chi connectivity index (χ1) is 9.69. The number of aromatic nitrogens is 2. The summed E-state index contributed by atoms with van der Waals surface area (Å²) in [4.78, 5) is 18.3. The SMILES string of the molecule is CCC(=O)N1CCN(c2cc(N3CCC3)n(C)n2)CC1. The molecule has 20 heavy (non-hydrogen) atoms. The number of amides is 1. The summed E-state index contributed by atoms with van der Waals surface area (Å²) in [5, 5.41) is 4.62. The lowest BCUT2D eigenvalue weighted by Crippen LogP contribution is -2.48. The van der Waals surface area contributed by atoms with Gasteiger partial charge in [-0.2, -0.15) is 5.10 Å². The molecular formula is C14H23N5O. The molecule has 3 heterocycles. The monoisotopic (exact) mass is 277 g/mol. The van der Waals surface area contributed by atoms with Gasteiger partial charge in [-0.1, -0.05) is 6.92 Å². The number of hydrogen-bond donors (Lipinski definition) is 0. The number of nitrogens with zero attached hydrogens (tertiary/aromatic N) is 5. The maximum absolute atomic E-state index is 11.7. The van der Waals surface area contributed by atoms with Crippen molar-refractivity contribution < 1.29 is 4.79 Å². The molecule has 2 fully saturated rings. The molecule has 2 saturated heterocycles. The van der Waals surface area contributed by atoms with E-state index in [-0.39, 0.29) is 5.91 Å². The van der Waals surface area contributed by atoms with Crippen LogP contribution in [0.2, 0.25) is 0 Å². The molecular weight excluding hydrogens is 254 g/mol. The van der Waals surface area contributed by atoms with Crippen LogP contribution >= 0.6 is 0 Å². The molecule has 6 nitrogen and oxygen atoms in total. The minimum absolute atomic E-state index is 0.256. The number of anilines is 2. The zero-order valence-electron chi connectivity index (χ0n) is 12.4. The van der Waals surface area contributed by atoms with Gasteiger partial charge in [-0.15, -0.1) is 0 Å². The van der Waals surface area contributed by atoms with Crippen LogP contribution in [0.25, 0.3) is 0 Å². The van der Waals surface area contributed by atoms with Gasteiger partial charge in [-0.25, -0.2) is 0 Å². The van der Waals surface area contributed by atoms with E-state index in [4.69, 9.17) is 0 Å². The van der Waals surface area contributed by atoms with Gasteiger partial charge in [0.1, 0.15) is 5.82 Å². The van der Waals surface area contributed by atoms with Crippen molar-refractivity contribution in [3.05, 3.63) is 6.07 Å². The van der Waals surface area contributed by atoms with E-state index in [0.29, 0.717) is 6.42 Å². The van der Waals surface area contributed by atoms with E-state index < -0.39 is 0 Å². The summed E-state index contributed by atoms with van der Waals surface area (Å²) in [6.45, 7) is 7.57. The molecule has 6 heteroatoms. The number of hydrogen-bond acceptors (Lipinski definition) is 4. The predicted octanol–water partition coefficient (Wildman–Crippen LogP) is 0.689. The minimum atomic E-state index is 0.256. The van der Waals surface area contributed by atoms with Crippen molar-refractivity contribution in [2.45, 2.75) is 19.8 Å². The molecule has 1 amide bonds. The van der Waals surface area contributed by atoms with Crippen LogP contribution in [0.3, 0.4) is 0 Å². The largest absolute Gasteiger partial charge is 0.357 e. The molecule has 2 aliphatic heterocycles. The van der Waals surface area contributed by atoms with Crippen molar-refractivity contribution in [3.8, 4) is 0 Å². The Kier molecular flexibility index (Phi) is 3.54. The maximum atomic E-state index is 11.7. The molecule has 0 aliphatic carbocycles. The van der Waals surface area contributed by atoms with Gasteiger partial charge in [0.05, 0.1) is 0 Å². The predicted molar refractivity (Wildman–Crippen MR) is 79.1 cm³/mol. The number of piperazine rings is 1. The average Bonchev–Trinajstić information content (AvgIpc) is 2.78. The van der Waals surface area contributed by atoms with Crippen molar-refractivity contribution in [2.75, 3.05) is 49.1 Å². The van der Waals surface area contributed by atoms with Crippen LogP contribution in [0.5, 0.6) is 0 Å². The summed E-state index contributed by atoms with van der Waals surface area (Å²) in [6.07, 6.45) is 1.88. The van der Waals surface area contributed by atoms with Crippen LogP contribution < -0.4 is 9.80 Å². The fourth-order valence-electron chi connectivity index (χ4n) is 2.85. The van der Waals surface area contributed by atoms with Crippen LogP contribution in [0.15, 0.2) is 6.07 Å². The highest BCUT2D eigenvalue weighted by Crippen LogP contribution is 2.25. The first-order valence-electron chi connectivity index (χ1n) is 7.50. The second kappa shape index (κ2) is 5.34. The first kappa shape index (κ1) is 13.3. The lowest BCUT2D eigenvalue weighted by molar-refractivity contribution is -0.131. The maximum Gasteiger partial charge on any atom is 0.222 e. The van der Waals surface area contributed by atoms with Gasteiger partial charge in [0.25, 0.3) is 0 Å². The van der Waals surface area contributed by atoms with Gasteiger partial charge in [-0.3, -0.25) is 9.48 Å². The Bertz CT molecular complexity index is 486. The lowest BCUT2D eigenvalue weighted by atomic mass is 10.2. The van der Waals surface area contributed by atoms with Gasteiger partial charge in [0.15, 0.2) is 5.82 Å². The molecule has 0 N–H and O–H groups in total. The second-order valence-corrected chi connectivity index (χ2v) is 5.55. The number of aryl methyl sites for hydroxylation is 1. The quantitative estimate of drug-likeness (QED) is 0.815. The van der Waals surface area contributed by atoms with Crippen LogP contribution in [0.4, 0.5) is 11.6 Å². The molecule has 2 aliphatic rings. The smallest absolute Gasteiger partial charge is 0.222 e. The van der Waals surface area contributed by atoms with E-state index in [1.807, 2.05) is 23.6 Å². The first-order valence-corrected chi connectivity index (χ1v) is 7.50. The normalized spacial score (nSPS) is 19.2. The van der Waals surface area contributed by atoms with Crippen molar-refractivity contribution >= 4 is 17.5 Å². The summed E-state index contributed by atoms with van der Waals surface area (Å²) in [7, 11) is 2.01. The molecule has 0 spiro atoms. The van der Waals surface area contributed by atoms with Gasteiger partial charge < -0.3 is 14.7 Å². The van der Waals surface area contributed by atoms with Crippen LogP contribution in [0.1, 0.15) is 19.8 Å². The standard InChI is InChI=1S/C14H23N5O/c1-3-14(20)19-9-7-17(8-10-19)12-11-13(16(2)15-12)18-5-4-6-18/h11H,3-10H2,1-2H3. The Labute approximate surface area is 119 Å². The van der Waals surface area contributed by atoms with Crippen molar-refractivity contribution in [3.63, 3.8) is 0 Å². The van der Waals surface area contributed by atoms with Crippen LogP contribution in [-0.4, -0.2) is 59.9 Å². The van der Waals surface area contributed by atoms with Crippen molar-refractivity contribution in [2.24, 2.45) is 7.05 Å². The fraction of sp³-hybridized carbons (Fsp3) is 0.714. The second-order valence-electron chi connectivity index (χ2n) is 5.55. The van der Waals surface area contributed by atoms with E-state index >= 15 is 0 Å². The summed E-state index contributed by atoms with van der Waals surface area (Å²) < 4.78 is 1.97. The molecule has 3 rings (SSSR count). The third-order valence-corrected chi connectivity index (χ3v) is 4.28. The summed E-state index contributed by atoms with van der Waals surface area (Å²) >= 11 is 0. The van der Waals surface area contributed by atoms with Gasteiger partial charge in [0, 0.05) is 58.8 Å². The lowest BCUT2D eigenvalue weighted by Gasteiger charge is -2.34. The summed E-state index contributed by atoms with van der Waals surface area (Å²) in [6, 6.07) is 2.18. The highest BCUT2D eigenvalue weighted by molar-refractivity contribution is 5.76. The van der Waals surface area contributed by atoms with E-state index in [1.54, 1.807) is 0 Å². The zero-order chi connectivity index (χ0) is 14.1. The molecule has 110 valence electrons. The highest BCUT2D eigenvalue weighted by Gasteiger charge is 2.24.